The van der Waals surface area contributed by atoms with E-state index in [2.05, 4.69) is 9.71 Å². The molecule has 0 amide bonds. The normalized spacial score (nSPS) is 11.4. The van der Waals surface area contributed by atoms with E-state index >= 15 is 0 Å². The van der Waals surface area contributed by atoms with Crippen LogP contribution in [0.25, 0.3) is 10.6 Å². The Kier molecular flexibility index (Phi) is 6.51. The molecular formula is C20H21FN2O4S2. The van der Waals surface area contributed by atoms with E-state index in [0.29, 0.717) is 22.7 Å². The van der Waals surface area contributed by atoms with Crippen LogP contribution < -0.4 is 14.2 Å². The van der Waals surface area contributed by atoms with Crippen LogP contribution >= 0.6 is 11.3 Å². The van der Waals surface area contributed by atoms with Crippen LogP contribution in [-0.4, -0.2) is 34.2 Å². The lowest BCUT2D eigenvalue weighted by atomic mass is 10.2. The third-order valence-corrected chi connectivity index (χ3v) is 7.04. The van der Waals surface area contributed by atoms with Gasteiger partial charge in [0.05, 0.1) is 19.9 Å². The maximum absolute atomic E-state index is 13.4. The van der Waals surface area contributed by atoms with Gasteiger partial charge >= 0.3 is 0 Å². The van der Waals surface area contributed by atoms with E-state index in [0.717, 1.165) is 10.6 Å². The number of methoxy groups -OCH3 is 2. The number of rotatable bonds is 8. The monoisotopic (exact) mass is 436 g/mol. The average molecular weight is 437 g/mol. The Morgan fingerprint density at radius 1 is 1.14 bits per heavy atom. The molecule has 0 aliphatic carbocycles. The van der Waals surface area contributed by atoms with Crippen LogP contribution in [0, 0.1) is 12.7 Å². The minimum atomic E-state index is -3.76. The molecule has 0 atom stereocenters. The number of hydrogen-bond acceptors (Lipinski definition) is 6. The Morgan fingerprint density at radius 2 is 1.93 bits per heavy atom. The van der Waals surface area contributed by atoms with Crippen LogP contribution in [0.4, 0.5) is 4.39 Å². The molecule has 0 spiro atoms. The van der Waals surface area contributed by atoms with E-state index in [4.69, 9.17) is 9.47 Å². The number of aryl methyl sites for hydroxylation is 1. The summed E-state index contributed by atoms with van der Waals surface area (Å²) in [6.45, 7) is 2.05. The third-order valence-electron chi connectivity index (χ3n) is 4.27. The number of nitrogens with zero attached hydrogens (tertiary/aromatic N) is 1. The predicted molar refractivity (Wildman–Crippen MR) is 111 cm³/mol. The van der Waals surface area contributed by atoms with Gasteiger partial charge in [-0.2, -0.15) is 0 Å². The molecule has 0 bridgehead atoms. The first-order valence-electron chi connectivity index (χ1n) is 8.78. The van der Waals surface area contributed by atoms with Crippen molar-refractivity contribution in [3.8, 4) is 22.1 Å². The number of hydrogen-bond donors (Lipinski definition) is 1. The molecule has 1 N–H and O–H groups in total. The molecule has 1 aromatic heterocycles. The van der Waals surface area contributed by atoms with E-state index in [1.54, 1.807) is 18.2 Å². The molecule has 154 valence electrons. The molecule has 3 rings (SSSR count). The Morgan fingerprint density at radius 3 is 2.62 bits per heavy atom. The fourth-order valence-corrected chi connectivity index (χ4v) is 5.02. The van der Waals surface area contributed by atoms with Gasteiger partial charge in [-0.15, -0.1) is 11.3 Å². The van der Waals surface area contributed by atoms with Gasteiger partial charge in [0.25, 0.3) is 0 Å². The topological polar surface area (TPSA) is 77.5 Å². The second-order valence-corrected chi connectivity index (χ2v) is 9.02. The maximum Gasteiger partial charge on any atom is 0.244 e. The summed E-state index contributed by atoms with van der Waals surface area (Å²) in [6.07, 6.45) is 0.469. The fraction of sp³-hybridized carbons (Fsp3) is 0.250. The predicted octanol–water partition coefficient (Wildman–Crippen LogP) is 3.80. The first-order chi connectivity index (χ1) is 13.8. The number of aromatic nitrogens is 1. The van der Waals surface area contributed by atoms with Gasteiger partial charge in [-0.3, -0.25) is 0 Å². The van der Waals surface area contributed by atoms with E-state index in [-0.39, 0.29) is 23.0 Å². The van der Waals surface area contributed by atoms with Crippen molar-refractivity contribution in [3.05, 3.63) is 58.9 Å². The van der Waals surface area contributed by atoms with Crippen LogP contribution in [0.5, 0.6) is 11.5 Å². The van der Waals surface area contributed by atoms with Crippen molar-refractivity contribution in [1.29, 1.82) is 0 Å². The van der Waals surface area contributed by atoms with Crippen molar-refractivity contribution in [2.75, 3.05) is 20.8 Å². The lowest BCUT2D eigenvalue weighted by Crippen LogP contribution is -2.26. The molecule has 29 heavy (non-hydrogen) atoms. The summed E-state index contributed by atoms with van der Waals surface area (Å²) in [4.78, 5) is 5.46. The molecule has 1 heterocycles. The number of sulfonamides is 1. The summed E-state index contributed by atoms with van der Waals surface area (Å²) in [5.74, 6) is 0.392. The highest BCUT2D eigenvalue weighted by Crippen LogP contribution is 2.30. The summed E-state index contributed by atoms with van der Waals surface area (Å²) in [5.41, 5.74) is 1.50. The molecule has 9 heteroatoms. The summed E-state index contributed by atoms with van der Waals surface area (Å²) in [6, 6.07) is 10.8. The molecule has 0 unspecified atom stereocenters. The van der Waals surface area contributed by atoms with Gasteiger partial charge in [0, 0.05) is 23.1 Å². The van der Waals surface area contributed by atoms with E-state index < -0.39 is 10.0 Å². The van der Waals surface area contributed by atoms with Crippen LogP contribution in [0.3, 0.4) is 0 Å². The number of thiazole rings is 1. The van der Waals surface area contributed by atoms with Crippen molar-refractivity contribution in [2.45, 2.75) is 18.2 Å². The van der Waals surface area contributed by atoms with Crippen molar-refractivity contribution in [3.63, 3.8) is 0 Å². The Bertz CT molecular complexity index is 1110. The minimum absolute atomic E-state index is 0.0438. The lowest BCUT2D eigenvalue weighted by molar-refractivity contribution is 0.386. The van der Waals surface area contributed by atoms with E-state index in [9.17, 15) is 12.8 Å². The highest BCUT2D eigenvalue weighted by molar-refractivity contribution is 7.89. The summed E-state index contributed by atoms with van der Waals surface area (Å²) >= 11 is 1.43. The SMILES string of the molecule is COc1ccc(S(=O)(=O)NCCc2sc(-c3cccc(F)c3)nc2C)c(OC)c1. The van der Waals surface area contributed by atoms with Crippen molar-refractivity contribution in [1.82, 2.24) is 9.71 Å². The van der Waals surface area contributed by atoms with Gasteiger partial charge in [-0.25, -0.2) is 22.5 Å². The quantitative estimate of drug-likeness (QED) is 0.581. The first kappa shape index (κ1) is 21.2. The second-order valence-electron chi connectivity index (χ2n) is 6.20. The average Bonchev–Trinajstić information content (AvgIpc) is 3.08. The molecule has 0 radical (unpaired) electrons. The van der Waals surface area contributed by atoms with E-state index in [1.165, 1.54) is 49.8 Å². The third kappa shape index (κ3) is 4.92. The molecule has 0 aliphatic rings. The van der Waals surface area contributed by atoms with Gasteiger partial charge in [-0.1, -0.05) is 12.1 Å². The van der Waals surface area contributed by atoms with Gasteiger partial charge in [0.15, 0.2) is 0 Å². The van der Waals surface area contributed by atoms with Gasteiger partial charge in [0.1, 0.15) is 27.2 Å². The standard InChI is InChI=1S/C20H21FN2O4S2/c1-13-18(28-20(23-13)14-5-4-6-15(21)11-14)9-10-22-29(24,25)19-8-7-16(26-2)12-17(19)27-3/h4-8,11-12,22H,9-10H2,1-3H3. The molecule has 3 aromatic rings. The van der Waals surface area contributed by atoms with Gasteiger partial charge in [0.2, 0.25) is 10.0 Å². The van der Waals surface area contributed by atoms with Crippen molar-refractivity contribution >= 4 is 21.4 Å². The smallest absolute Gasteiger partial charge is 0.244 e. The zero-order chi connectivity index (χ0) is 21.0. The van der Waals surface area contributed by atoms with Crippen LogP contribution in [0.1, 0.15) is 10.6 Å². The number of nitrogens with one attached hydrogen (secondary N) is 1. The Labute approximate surface area is 173 Å². The van der Waals surface area contributed by atoms with Crippen LogP contribution in [-0.2, 0) is 16.4 Å². The Hall–Kier alpha value is -2.49. The molecule has 0 aliphatic heterocycles. The highest BCUT2D eigenvalue weighted by Gasteiger charge is 2.20. The van der Waals surface area contributed by atoms with Gasteiger partial charge < -0.3 is 9.47 Å². The van der Waals surface area contributed by atoms with Crippen molar-refractivity contribution < 1.29 is 22.3 Å². The fourth-order valence-electron chi connectivity index (χ4n) is 2.78. The van der Waals surface area contributed by atoms with Crippen LogP contribution in [0.15, 0.2) is 47.4 Å². The molecule has 0 saturated carbocycles. The molecular weight excluding hydrogens is 415 g/mol. The largest absolute Gasteiger partial charge is 0.497 e. The molecule has 0 saturated heterocycles. The molecule has 6 nitrogen and oxygen atoms in total. The van der Waals surface area contributed by atoms with E-state index in [1.807, 2.05) is 6.92 Å². The summed E-state index contributed by atoms with van der Waals surface area (Å²) in [5, 5.41) is 0.705. The second kappa shape index (κ2) is 8.89. The lowest BCUT2D eigenvalue weighted by Gasteiger charge is -2.11. The molecule has 2 aromatic carbocycles. The number of benzene rings is 2. The van der Waals surface area contributed by atoms with Crippen LogP contribution in [0.2, 0.25) is 0 Å². The Balaban J connectivity index is 1.71. The highest BCUT2D eigenvalue weighted by atomic mass is 32.2. The van der Waals surface area contributed by atoms with Crippen molar-refractivity contribution in [2.24, 2.45) is 0 Å². The minimum Gasteiger partial charge on any atom is -0.497 e. The zero-order valence-corrected chi connectivity index (χ0v) is 17.9. The molecule has 0 fully saturated rings. The first-order valence-corrected chi connectivity index (χ1v) is 11.1. The maximum atomic E-state index is 13.4. The van der Waals surface area contributed by atoms with Gasteiger partial charge in [-0.05, 0) is 37.6 Å². The zero-order valence-electron chi connectivity index (χ0n) is 16.2. The number of halogens is 1. The summed E-state index contributed by atoms with van der Waals surface area (Å²) in [7, 11) is -0.856. The number of ether oxygens (including phenoxy) is 2. The summed E-state index contributed by atoms with van der Waals surface area (Å²) < 4.78 is 51.6.